The van der Waals surface area contributed by atoms with Crippen molar-refractivity contribution >= 4 is 28.1 Å². The van der Waals surface area contributed by atoms with Crippen LogP contribution in [0.2, 0.25) is 0 Å². The van der Waals surface area contributed by atoms with E-state index >= 15 is 0 Å². The number of rotatable bonds is 3. The van der Waals surface area contributed by atoms with Gasteiger partial charge in [-0.15, -0.1) is 0 Å². The van der Waals surface area contributed by atoms with E-state index in [2.05, 4.69) is 41.4 Å². The van der Waals surface area contributed by atoms with Crippen LogP contribution < -0.4 is 15.9 Å². The SMILES string of the molecule is CC1CCN(c2ccc(Nc3ccc4c(c3)n(C)c(=O)n4C)cc2)CC1. The van der Waals surface area contributed by atoms with Gasteiger partial charge in [-0.3, -0.25) is 9.13 Å². The highest BCUT2D eigenvalue weighted by molar-refractivity contribution is 5.81. The van der Waals surface area contributed by atoms with Crippen molar-refractivity contribution in [2.45, 2.75) is 19.8 Å². The molecule has 26 heavy (non-hydrogen) atoms. The first-order valence-electron chi connectivity index (χ1n) is 9.30. The predicted molar refractivity (Wildman–Crippen MR) is 108 cm³/mol. The van der Waals surface area contributed by atoms with Crippen LogP contribution in [0.15, 0.2) is 47.3 Å². The summed E-state index contributed by atoms with van der Waals surface area (Å²) in [4.78, 5) is 14.5. The Hall–Kier alpha value is -2.69. The number of aromatic nitrogens is 2. The lowest BCUT2D eigenvalue weighted by atomic mass is 9.99. The number of nitrogens with zero attached hydrogens (tertiary/aromatic N) is 3. The molecule has 2 heterocycles. The summed E-state index contributed by atoms with van der Waals surface area (Å²) in [5.74, 6) is 0.844. The van der Waals surface area contributed by atoms with Gasteiger partial charge in [0, 0.05) is 44.2 Å². The molecule has 1 saturated heterocycles. The zero-order valence-electron chi connectivity index (χ0n) is 15.7. The zero-order chi connectivity index (χ0) is 18.3. The third-order valence-corrected chi connectivity index (χ3v) is 5.58. The van der Waals surface area contributed by atoms with Crippen LogP contribution in [0, 0.1) is 5.92 Å². The number of nitrogens with one attached hydrogen (secondary N) is 1. The minimum Gasteiger partial charge on any atom is -0.372 e. The monoisotopic (exact) mass is 350 g/mol. The van der Waals surface area contributed by atoms with E-state index in [1.54, 1.807) is 16.2 Å². The van der Waals surface area contributed by atoms with Gasteiger partial charge in [0.25, 0.3) is 0 Å². The van der Waals surface area contributed by atoms with Gasteiger partial charge in [0.1, 0.15) is 0 Å². The molecular formula is C21H26N4O. The van der Waals surface area contributed by atoms with Gasteiger partial charge < -0.3 is 10.2 Å². The average Bonchev–Trinajstić information content (AvgIpc) is 2.87. The van der Waals surface area contributed by atoms with Crippen molar-refractivity contribution in [2.75, 3.05) is 23.3 Å². The Morgan fingerprint density at radius 3 is 2.19 bits per heavy atom. The van der Waals surface area contributed by atoms with Crippen molar-refractivity contribution < 1.29 is 0 Å². The molecule has 0 spiro atoms. The summed E-state index contributed by atoms with van der Waals surface area (Å²) in [6, 6.07) is 14.7. The molecular weight excluding hydrogens is 324 g/mol. The molecule has 5 heteroatoms. The third-order valence-electron chi connectivity index (χ3n) is 5.58. The van der Waals surface area contributed by atoms with Gasteiger partial charge in [-0.05, 0) is 61.2 Å². The van der Waals surface area contributed by atoms with Crippen LogP contribution in [-0.4, -0.2) is 22.2 Å². The Bertz CT molecular complexity index is 976. The lowest BCUT2D eigenvalue weighted by Crippen LogP contribution is -2.32. The highest BCUT2D eigenvalue weighted by Crippen LogP contribution is 2.26. The molecule has 3 aromatic rings. The zero-order valence-corrected chi connectivity index (χ0v) is 15.7. The Morgan fingerprint density at radius 1 is 0.885 bits per heavy atom. The summed E-state index contributed by atoms with van der Waals surface area (Å²) in [5, 5.41) is 3.45. The van der Waals surface area contributed by atoms with Gasteiger partial charge in [-0.25, -0.2) is 4.79 Å². The van der Waals surface area contributed by atoms with Gasteiger partial charge in [0.05, 0.1) is 11.0 Å². The van der Waals surface area contributed by atoms with E-state index in [0.717, 1.165) is 41.4 Å². The number of benzene rings is 2. The number of piperidine rings is 1. The van der Waals surface area contributed by atoms with Crippen molar-refractivity contribution in [1.29, 1.82) is 0 Å². The maximum atomic E-state index is 12.1. The van der Waals surface area contributed by atoms with Gasteiger partial charge in [-0.2, -0.15) is 0 Å². The maximum absolute atomic E-state index is 12.1. The number of hydrogen-bond acceptors (Lipinski definition) is 3. The molecule has 136 valence electrons. The first kappa shape index (κ1) is 16.8. The molecule has 1 aliphatic rings. The summed E-state index contributed by atoms with van der Waals surface area (Å²) in [6.45, 7) is 4.63. The largest absolute Gasteiger partial charge is 0.372 e. The molecule has 4 rings (SSSR count). The van der Waals surface area contributed by atoms with Gasteiger partial charge >= 0.3 is 5.69 Å². The van der Waals surface area contributed by atoms with E-state index in [1.807, 2.05) is 25.2 Å². The molecule has 1 aliphatic heterocycles. The molecule has 0 amide bonds. The normalized spacial score (nSPS) is 15.6. The molecule has 0 atom stereocenters. The fourth-order valence-corrected chi connectivity index (χ4v) is 3.77. The summed E-state index contributed by atoms with van der Waals surface area (Å²) >= 11 is 0. The second-order valence-corrected chi connectivity index (χ2v) is 7.45. The number of anilines is 3. The number of hydrogen-bond donors (Lipinski definition) is 1. The third kappa shape index (κ3) is 2.98. The van der Waals surface area contributed by atoms with Crippen LogP contribution >= 0.6 is 0 Å². The fourth-order valence-electron chi connectivity index (χ4n) is 3.77. The minimum absolute atomic E-state index is 0.00245. The Balaban J connectivity index is 1.53. The lowest BCUT2D eigenvalue weighted by molar-refractivity contribution is 0.438. The summed E-state index contributed by atoms with van der Waals surface area (Å²) in [7, 11) is 3.61. The number of aryl methyl sites for hydroxylation is 2. The van der Waals surface area contributed by atoms with Crippen molar-refractivity contribution in [3.05, 3.63) is 52.9 Å². The van der Waals surface area contributed by atoms with E-state index in [4.69, 9.17) is 0 Å². The van der Waals surface area contributed by atoms with E-state index < -0.39 is 0 Å². The second kappa shape index (κ2) is 6.56. The molecule has 0 bridgehead atoms. The van der Waals surface area contributed by atoms with E-state index in [1.165, 1.54) is 18.5 Å². The Labute approximate surface area is 153 Å². The predicted octanol–water partition coefficient (Wildman–Crippen LogP) is 3.86. The van der Waals surface area contributed by atoms with E-state index in [0.29, 0.717) is 0 Å². The Kier molecular flexibility index (Phi) is 4.23. The van der Waals surface area contributed by atoms with Crippen LogP contribution in [0.1, 0.15) is 19.8 Å². The molecule has 2 aromatic carbocycles. The first-order valence-corrected chi connectivity index (χ1v) is 9.30. The van der Waals surface area contributed by atoms with Crippen LogP contribution in [-0.2, 0) is 14.1 Å². The molecule has 0 radical (unpaired) electrons. The van der Waals surface area contributed by atoms with E-state index in [9.17, 15) is 4.79 Å². The van der Waals surface area contributed by atoms with Crippen LogP contribution in [0.3, 0.4) is 0 Å². The highest BCUT2D eigenvalue weighted by Gasteiger charge is 2.15. The van der Waals surface area contributed by atoms with Crippen LogP contribution in [0.25, 0.3) is 11.0 Å². The second-order valence-electron chi connectivity index (χ2n) is 7.45. The average molecular weight is 350 g/mol. The van der Waals surface area contributed by atoms with Crippen molar-refractivity contribution in [3.8, 4) is 0 Å². The molecule has 5 nitrogen and oxygen atoms in total. The minimum atomic E-state index is -0.00245. The molecule has 1 N–H and O–H groups in total. The van der Waals surface area contributed by atoms with Crippen molar-refractivity contribution in [1.82, 2.24) is 9.13 Å². The summed E-state index contributed by atoms with van der Waals surface area (Å²) < 4.78 is 3.36. The van der Waals surface area contributed by atoms with Crippen LogP contribution in [0.5, 0.6) is 0 Å². The van der Waals surface area contributed by atoms with Gasteiger partial charge in [-0.1, -0.05) is 6.92 Å². The summed E-state index contributed by atoms with van der Waals surface area (Å²) in [5.41, 5.74) is 5.21. The molecule has 0 saturated carbocycles. The van der Waals surface area contributed by atoms with E-state index in [-0.39, 0.29) is 5.69 Å². The maximum Gasteiger partial charge on any atom is 0.328 e. The van der Waals surface area contributed by atoms with Gasteiger partial charge in [0.15, 0.2) is 0 Å². The smallest absolute Gasteiger partial charge is 0.328 e. The van der Waals surface area contributed by atoms with Crippen molar-refractivity contribution in [2.24, 2.45) is 20.0 Å². The Morgan fingerprint density at radius 2 is 1.50 bits per heavy atom. The molecule has 1 fully saturated rings. The quantitative estimate of drug-likeness (QED) is 0.780. The molecule has 1 aromatic heterocycles. The topological polar surface area (TPSA) is 42.2 Å². The molecule has 0 aliphatic carbocycles. The summed E-state index contributed by atoms with van der Waals surface area (Å²) in [6.07, 6.45) is 2.55. The molecule has 0 unspecified atom stereocenters. The standard InChI is InChI=1S/C21H26N4O/c1-15-10-12-25(13-11-15)18-7-4-16(5-8-18)22-17-6-9-19-20(14-17)24(3)21(26)23(19)2/h4-9,14-15,22H,10-13H2,1-3H3. The van der Waals surface area contributed by atoms with Gasteiger partial charge in [0.2, 0.25) is 0 Å². The number of fused-ring (bicyclic) bond motifs is 1. The first-order chi connectivity index (χ1) is 12.5. The fraction of sp³-hybridized carbons (Fsp3) is 0.381. The lowest BCUT2D eigenvalue weighted by Gasteiger charge is -2.32. The van der Waals surface area contributed by atoms with Crippen LogP contribution in [0.4, 0.5) is 17.1 Å². The van der Waals surface area contributed by atoms with Crippen molar-refractivity contribution in [3.63, 3.8) is 0 Å². The number of imidazole rings is 1. The highest BCUT2D eigenvalue weighted by atomic mass is 16.1.